The molecule has 0 aliphatic heterocycles. The van der Waals surface area contributed by atoms with E-state index < -0.39 is 5.91 Å². The van der Waals surface area contributed by atoms with Crippen molar-refractivity contribution < 1.29 is 9.53 Å². The Balaban J connectivity index is 2.31. The number of carbonyl (C=O) groups excluding carboxylic acids is 1. The zero-order chi connectivity index (χ0) is 13.8. The monoisotopic (exact) mass is 261 g/mol. The molecule has 0 spiro atoms. The highest BCUT2D eigenvalue weighted by molar-refractivity contribution is 5.92. The van der Waals surface area contributed by atoms with Crippen LogP contribution in [0.2, 0.25) is 0 Å². The van der Waals surface area contributed by atoms with Crippen molar-refractivity contribution in [2.45, 2.75) is 13.3 Å². The highest BCUT2D eigenvalue weighted by Crippen LogP contribution is 2.20. The van der Waals surface area contributed by atoms with Gasteiger partial charge in [-0.3, -0.25) is 4.79 Å². The van der Waals surface area contributed by atoms with Crippen molar-refractivity contribution in [1.29, 1.82) is 0 Å². The number of pyridine rings is 1. The van der Waals surface area contributed by atoms with Crippen molar-refractivity contribution >= 4 is 11.6 Å². The third kappa shape index (κ3) is 2.82. The predicted octanol–water partition coefficient (Wildman–Crippen LogP) is 0.737. The first-order valence-electron chi connectivity index (χ1n) is 5.86. The van der Waals surface area contributed by atoms with Crippen molar-refractivity contribution in [1.82, 2.24) is 14.8 Å². The van der Waals surface area contributed by atoms with E-state index in [4.69, 9.17) is 16.2 Å². The maximum absolute atomic E-state index is 11.0. The summed E-state index contributed by atoms with van der Waals surface area (Å²) in [4.78, 5) is 15.3. The fourth-order valence-electron chi connectivity index (χ4n) is 1.46. The third-order valence-corrected chi connectivity index (χ3v) is 2.42. The molecule has 2 aromatic heterocycles. The van der Waals surface area contributed by atoms with Crippen LogP contribution >= 0.6 is 0 Å². The van der Waals surface area contributed by atoms with Gasteiger partial charge in [0.25, 0.3) is 5.91 Å². The molecule has 7 heteroatoms. The Morgan fingerprint density at radius 3 is 2.89 bits per heavy atom. The lowest BCUT2D eigenvalue weighted by Crippen LogP contribution is -2.09. The maximum atomic E-state index is 11.0. The number of rotatable bonds is 5. The lowest BCUT2D eigenvalue weighted by molar-refractivity contribution is 0.100. The van der Waals surface area contributed by atoms with Gasteiger partial charge in [-0.25, -0.2) is 4.68 Å². The number of hydrogen-bond acceptors (Lipinski definition) is 5. The molecule has 0 fully saturated rings. The Labute approximate surface area is 110 Å². The standard InChI is InChI=1S/C12H15N5O2/c1-2-5-19-12-9(13)3-4-10(16-12)17-7-8(6-15-17)11(14)18/h3-4,6-7H,2,5,13H2,1H3,(H2,14,18). The Morgan fingerprint density at radius 2 is 2.26 bits per heavy atom. The highest BCUT2D eigenvalue weighted by atomic mass is 16.5. The van der Waals surface area contributed by atoms with Gasteiger partial charge in [0.2, 0.25) is 5.88 Å². The van der Waals surface area contributed by atoms with Gasteiger partial charge in [-0.15, -0.1) is 0 Å². The van der Waals surface area contributed by atoms with Crippen molar-refractivity contribution in [3.63, 3.8) is 0 Å². The van der Waals surface area contributed by atoms with Crippen LogP contribution in [-0.4, -0.2) is 27.3 Å². The van der Waals surface area contributed by atoms with Crippen molar-refractivity contribution in [3.05, 3.63) is 30.1 Å². The van der Waals surface area contributed by atoms with Crippen LogP contribution in [0.15, 0.2) is 24.5 Å². The van der Waals surface area contributed by atoms with Gasteiger partial charge >= 0.3 is 0 Å². The molecule has 0 saturated carbocycles. The topological polar surface area (TPSA) is 109 Å². The summed E-state index contributed by atoms with van der Waals surface area (Å²) in [6, 6.07) is 3.37. The van der Waals surface area contributed by atoms with E-state index in [1.54, 1.807) is 12.1 Å². The average molecular weight is 261 g/mol. The minimum Gasteiger partial charge on any atom is -0.476 e. The molecule has 2 rings (SSSR count). The predicted molar refractivity (Wildman–Crippen MR) is 70.1 cm³/mol. The molecule has 2 heterocycles. The SMILES string of the molecule is CCCOc1nc(-n2cc(C(N)=O)cn2)ccc1N. The third-order valence-electron chi connectivity index (χ3n) is 2.42. The van der Waals surface area contributed by atoms with Crippen LogP contribution in [0.25, 0.3) is 5.82 Å². The van der Waals surface area contributed by atoms with E-state index in [0.717, 1.165) is 6.42 Å². The van der Waals surface area contributed by atoms with Gasteiger partial charge in [0.1, 0.15) is 0 Å². The van der Waals surface area contributed by atoms with E-state index in [2.05, 4.69) is 10.1 Å². The van der Waals surface area contributed by atoms with Gasteiger partial charge in [0.15, 0.2) is 5.82 Å². The molecule has 19 heavy (non-hydrogen) atoms. The smallest absolute Gasteiger partial charge is 0.251 e. The first kappa shape index (κ1) is 12.9. The summed E-state index contributed by atoms with van der Waals surface area (Å²) in [5.41, 5.74) is 11.7. The van der Waals surface area contributed by atoms with Crippen molar-refractivity contribution in [2.75, 3.05) is 12.3 Å². The number of anilines is 1. The minimum absolute atomic E-state index is 0.314. The molecule has 0 aliphatic carbocycles. The largest absolute Gasteiger partial charge is 0.476 e. The van der Waals surface area contributed by atoms with Crippen LogP contribution in [0.5, 0.6) is 5.88 Å². The Bertz CT molecular complexity index is 594. The minimum atomic E-state index is -0.538. The molecular weight excluding hydrogens is 246 g/mol. The lowest BCUT2D eigenvalue weighted by Gasteiger charge is -2.08. The molecule has 100 valence electrons. The number of ether oxygens (including phenoxy) is 1. The Hall–Kier alpha value is -2.57. The van der Waals surface area contributed by atoms with Gasteiger partial charge < -0.3 is 16.2 Å². The summed E-state index contributed by atoms with van der Waals surface area (Å²) < 4.78 is 6.88. The molecule has 0 saturated heterocycles. The van der Waals surface area contributed by atoms with Gasteiger partial charge in [-0.2, -0.15) is 10.1 Å². The first-order valence-corrected chi connectivity index (χ1v) is 5.86. The lowest BCUT2D eigenvalue weighted by atomic mass is 10.3. The first-order chi connectivity index (χ1) is 9.11. The molecule has 0 aliphatic rings. The number of amides is 1. The second-order valence-electron chi connectivity index (χ2n) is 3.95. The molecule has 0 bridgehead atoms. The van der Waals surface area contributed by atoms with Crippen LogP contribution in [-0.2, 0) is 0 Å². The molecule has 0 unspecified atom stereocenters. The summed E-state index contributed by atoms with van der Waals surface area (Å²) in [6.07, 6.45) is 3.75. The molecule has 4 N–H and O–H groups in total. The molecule has 0 radical (unpaired) electrons. The molecule has 0 aromatic carbocycles. The second-order valence-corrected chi connectivity index (χ2v) is 3.95. The van der Waals surface area contributed by atoms with E-state index >= 15 is 0 Å². The van der Waals surface area contributed by atoms with Crippen LogP contribution in [0.4, 0.5) is 5.69 Å². The van der Waals surface area contributed by atoms with E-state index in [1.165, 1.54) is 17.1 Å². The van der Waals surface area contributed by atoms with Crippen LogP contribution in [0.1, 0.15) is 23.7 Å². The molecule has 0 atom stereocenters. The fourth-order valence-corrected chi connectivity index (χ4v) is 1.46. The summed E-state index contributed by atoms with van der Waals surface area (Å²) in [5, 5.41) is 4.02. The van der Waals surface area contributed by atoms with E-state index in [0.29, 0.717) is 29.6 Å². The van der Waals surface area contributed by atoms with Crippen LogP contribution in [0.3, 0.4) is 0 Å². The van der Waals surface area contributed by atoms with Gasteiger partial charge in [-0.1, -0.05) is 6.92 Å². The van der Waals surface area contributed by atoms with Crippen molar-refractivity contribution in [2.24, 2.45) is 5.73 Å². The normalized spacial score (nSPS) is 10.4. The molecule has 1 amide bonds. The Morgan fingerprint density at radius 1 is 1.47 bits per heavy atom. The molecule has 2 aromatic rings. The van der Waals surface area contributed by atoms with Gasteiger partial charge in [0, 0.05) is 6.20 Å². The number of aromatic nitrogens is 3. The highest BCUT2D eigenvalue weighted by Gasteiger charge is 2.09. The van der Waals surface area contributed by atoms with Gasteiger partial charge in [-0.05, 0) is 18.6 Å². The maximum Gasteiger partial charge on any atom is 0.251 e. The quantitative estimate of drug-likeness (QED) is 0.824. The fraction of sp³-hybridized carbons (Fsp3) is 0.250. The number of nitrogen functional groups attached to an aromatic ring is 1. The number of hydrogen-bond donors (Lipinski definition) is 2. The number of primary amides is 1. The summed E-state index contributed by atoms with van der Waals surface area (Å²) in [6.45, 7) is 2.53. The van der Waals surface area contributed by atoms with E-state index in [-0.39, 0.29) is 0 Å². The average Bonchev–Trinajstić information content (AvgIpc) is 2.87. The van der Waals surface area contributed by atoms with Gasteiger partial charge in [0.05, 0.1) is 24.1 Å². The molecular formula is C12H15N5O2. The van der Waals surface area contributed by atoms with E-state index in [1.807, 2.05) is 6.92 Å². The Kier molecular flexibility index (Phi) is 3.65. The zero-order valence-corrected chi connectivity index (χ0v) is 10.5. The number of nitrogens with two attached hydrogens (primary N) is 2. The summed E-state index contributed by atoms with van der Waals surface area (Å²) >= 11 is 0. The summed E-state index contributed by atoms with van der Waals surface area (Å²) in [7, 11) is 0. The van der Waals surface area contributed by atoms with Crippen molar-refractivity contribution in [3.8, 4) is 11.7 Å². The molecule has 7 nitrogen and oxygen atoms in total. The number of nitrogens with zero attached hydrogens (tertiary/aromatic N) is 3. The van der Waals surface area contributed by atoms with E-state index in [9.17, 15) is 4.79 Å². The number of carbonyl (C=O) groups is 1. The zero-order valence-electron chi connectivity index (χ0n) is 10.5. The van der Waals surface area contributed by atoms with Crippen LogP contribution in [0, 0.1) is 0 Å². The van der Waals surface area contributed by atoms with Crippen LogP contribution < -0.4 is 16.2 Å². The summed E-state index contributed by atoms with van der Waals surface area (Å²) in [5.74, 6) is 0.326. The second kappa shape index (κ2) is 5.38.